The van der Waals surface area contributed by atoms with Crippen molar-refractivity contribution in [2.45, 2.75) is 102 Å². The predicted molar refractivity (Wildman–Crippen MR) is 179 cm³/mol. The molecule has 0 spiro atoms. The molecule has 0 bridgehead atoms. The van der Waals surface area contributed by atoms with Crippen molar-refractivity contribution in [3.8, 4) is 0 Å². The first-order valence-electron chi connectivity index (χ1n) is 15.0. The van der Waals surface area contributed by atoms with Crippen molar-refractivity contribution < 1.29 is 31.0 Å². The highest BCUT2D eigenvalue weighted by Crippen LogP contribution is 2.44. The highest BCUT2D eigenvalue weighted by Gasteiger charge is 2.54. The third-order valence-electron chi connectivity index (χ3n) is 9.12. The number of fused-ring (bicyclic) bond motifs is 1. The molecule has 15 heteroatoms. The molecule has 2 aromatic heterocycles. The quantitative estimate of drug-likeness (QED) is 0.209. The molecule has 12 nitrogen and oxygen atoms in total. The molecular weight excluding hydrogens is 631 g/mol. The van der Waals surface area contributed by atoms with Gasteiger partial charge in [0.1, 0.15) is 24.6 Å². The smallest absolute Gasteiger partial charge is 0.264 e. The Morgan fingerprint density at radius 1 is 0.956 bits per heavy atom. The number of rotatable bonds is 10. The zero-order chi connectivity index (χ0) is 33.6. The molecule has 0 aliphatic carbocycles. The summed E-state index contributed by atoms with van der Waals surface area (Å²) >= 11 is 0. The van der Waals surface area contributed by atoms with E-state index in [1.165, 1.54) is 6.33 Å². The van der Waals surface area contributed by atoms with Gasteiger partial charge in [-0.3, -0.25) is 13.5 Å². The zero-order valence-electron chi connectivity index (χ0n) is 28.1. The number of nitrogens with zero attached hydrogens (tertiary/aromatic N) is 4. The Balaban J connectivity index is 1.77. The number of benzene rings is 1. The number of ether oxygens (including phenoxy) is 1. The number of carbonyl (C=O) groups is 1. The second-order valence-corrected chi connectivity index (χ2v) is 25.8. The molecular formula is C30H47N5O7SSi2. The number of aromatic nitrogens is 4. The molecule has 45 heavy (non-hydrogen) atoms. The maximum absolute atomic E-state index is 12.9. The van der Waals surface area contributed by atoms with Gasteiger partial charge in [-0.25, -0.2) is 15.0 Å². The van der Waals surface area contributed by atoms with Crippen LogP contribution in [-0.4, -0.2) is 81.7 Å². The lowest BCUT2D eigenvalue weighted by Crippen LogP contribution is -2.50. The summed E-state index contributed by atoms with van der Waals surface area (Å²) in [5.74, 6) is -0.111. The van der Waals surface area contributed by atoms with Crippen LogP contribution in [0.4, 0.5) is 5.82 Å². The first-order valence-corrected chi connectivity index (χ1v) is 22.6. The Kier molecular flexibility index (Phi) is 9.87. The summed E-state index contributed by atoms with van der Waals surface area (Å²) in [5.41, 5.74) is 1.19. The van der Waals surface area contributed by atoms with E-state index in [0.717, 1.165) is 6.26 Å². The van der Waals surface area contributed by atoms with Crippen LogP contribution in [0.25, 0.3) is 11.2 Å². The van der Waals surface area contributed by atoms with E-state index in [2.05, 4.69) is 88.0 Å². The Morgan fingerprint density at radius 2 is 1.58 bits per heavy atom. The minimum atomic E-state index is -3.91. The SMILES string of the molecule is CC(C)(C)[Si](C)(C)OC[C@H]1O[C@@H](n2cnc3c(NC(=O)c4ccccc4)ncnc32)[C@H](O[Si](C)(C)C(C)(C)C)[C@@H]1OS(C)(=O)=O. The standard InChI is InChI=1S/C30H47N5O7SSi2/c1-29(2,3)44(8,9)39-17-21-23(41-43(7,37)38)24(42-45(10,11)30(4,5)6)28(40-21)35-19-33-22-25(31-18-32-26(22)35)34-27(36)20-15-13-12-14-16-20/h12-16,18-19,21,23-24,28H,17H2,1-11H3,(H,31,32,34,36)/t21-,23-,24-,28-/m1/s1. The van der Waals surface area contributed by atoms with E-state index in [0.29, 0.717) is 16.7 Å². The molecule has 4 atom stereocenters. The molecule has 3 heterocycles. The van der Waals surface area contributed by atoms with Crippen molar-refractivity contribution in [1.82, 2.24) is 19.5 Å². The summed E-state index contributed by atoms with van der Waals surface area (Å²) in [6.45, 7) is 21.3. The van der Waals surface area contributed by atoms with E-state index >= 15 is 0 Å². The molecule has 1 aliphatic heterocycles. The van der Waals surface area contributed by atoms with Crippen LogP contribution < -0.4 is 5.32 Å². The van der Waals surface area contributed by atoms with Crippen molar-refractivity contribution >= 4 is 49.6 Å². The summed E-state index contributed by atoms with van der Waals surface area (Å²) in [5, 5.41) is 2.55. The van der Waals surface area contributed by atoms with Gasteiger partial charge in [-0.05, 0) is 48.4 Å². The highest BCUT2D eigenvalue weighted by molar-refractivity contribution is 7.86. The number of hydrogen-bond donors (Lipinski definition) is 1. The number of imidazole rings is 1. The minimum absolute atomic E-state index is 0.0761. The lowest BCUT2D eigenvalue weighted by Gasteiger charge is -2.40. The van der Waals surface area contributed by atoms with Crippen LogP contribution >= 0.6 is 0 Å². The van der Waals surface area contributed by atoms with Gasteiger partial charge in [-0.2, -0.15) is 8.42 Å². The van der Waals surface area contributed by atoms with Gasteiger partial charge in [0.25, 0.3) is 16.0 Å². The van der Waals surface area contributed by atoms with Crippen LogP contribution in [0.1, 0.15) is 58.1 Å². The second-order valence-electron chi connectivity index (χ2n) is 14.6. The van der Waals surface area contributed by atoms with Gasteiger partial charge in [0.15, 0.2) is 39.8 Å². The lowest BCUT2D eigenvalue weighted by molar-refractivity contribution is -0.0465. The number of amides is 1. The average Bonchev–Trinajstić information content (AvgIpc) is 3.47. The third kappa shape index (κ3) is 7.89. The Labute approximate surface area is 268 Å². The minimum Gasteiger partial charge on any atom is -0.414 e. The lowest BCUT2D eigenvalue weighted by atomic mass is 10.1. The third-order valence-corrected chi connectivity index (χ3v) is 18.7. The first-order chi connectivity index (χ1) is 20.6. The van der Waals surface area contributed by atoms with E-state index in [1.54, 1.807) is 35.2 Å². The topological polar surface area (TPSA) is 144 Å². The largest absolute Gasteiger partial charge is 0.414 e. The summed E-state index contributed by atoms with van der Waals surface area (Å²) in [4.78, 5) is 26.2. The van der Waals surface area contributed by atoms with Crippen LogP contribution in [0, 0.1) is 0 Å². The summed E-state index contributed by atoms with van der Waals surface area (Å²) in [6, 6.07) is 8.79. The van der Waals surface area contributed by atoms with Gasteiger partial charge in [0.2, 0.25) is 0 Å². The van der Waals surface area contributed by atoms with Crippen molar-refractivity contribution in [1.29, 1.82) is 0 Å². The molecule has 0 radical (unpaired) electrons. The normalized spacial score (nSPS) is 21.8. The van der Waals surface area contributed by atoms with Crippen molar-refractivity contribution in [2.24, 2.45) is 0 Å². The Bertz CT molecular complexity index is 1620. The average molecular weight is 678 g/mol. The van der Waals surface area contributed by atoms with E-state index < -0.39 is 51.3 Å². The maximum Gasteiger partial charge on any atom is 0.264 e. The molecule has 3 aromatic rings. The summed E-state index contributed by atoms with van der Waals surface area (Å²) in [6.07, 6.45) is 0.420. The molecule has 1 aromatic carbocycles. The first kappa shape index (κ1) is 35.3. The fourth-order valence-electron chi connectivity index (χ4n) is 4.43. The second kappa shape index (κ2) is 12.6. The van der Waals surface area contributed by atoms with Crippen molar-refractivity contribution in [3.05, 3.63) is 48.5 Å². The number of carbonyl (C=O) groups excluding carboxylic acids is 1. The monoisotopic (exact) mass is 677 g/mol. The van der Waals surface area contributed by atoms with E-state index in [-0.39, 0.29) is 28.4 Å². The Morgan fingerprint density at radius 3 is 2.16 bits per heavy atom. The molecule has 1 aliphatic rings. The van der Waals surface area contributed by atoms with E-state index in [1.807, 2.05) is 6.07 Å². The van der Waals surface area contributed by atoms with E-state index in [4.69, 9.17) is 17.8 Å². The summed E-state index contributed by atoms with van der Waals surface area (Å²) in [7, 11) is -8.66. The van der Waals surface area contributed by atoms with Gasteiger partial charge in [-0.1, -0.05) is 59.7 Å². The molecule has 4 rings (SSSR count). The van der Waals surface area contributed by atoms with Gasteiger partial charge in [-0.15, -0.1) is 0 Å². The van der Waals surface area contributed by atoms with Crippen LogP contribution in [0.3, 0.4) is 0 Å². The van der Waals surface area contributed by atoms with Crippen LogP contribution in [-0.2, 0) is 27.9 Å². The Hall–Kier alpha value is -2.54. The van der Waals surface area contributed by atoms with Crippen molar-refractivity contribution in [2.75, 3.05) is 18.2 Å². The number of hydrogen-bond acceptors (Lipinski definition) is 10. The number of nitrogens with one attached hydrogen (secondary N) is 1. The number of anilines is 1. The van der Waals surface area contributed by atoms with Crippen molar-refractivity contribution in [3.63, 3.8) is 0 Å². The van der Waals surface area contributed by atoms with Crippen LogP contribution in [0.2, 0.25) is 36.3 Å². The molecule has 248 valence electrons. The predicted octanol–water partition coefficient (Wildman–Crippen LogP) is 5.73. The molecule has 1 N–H and O–H groups in total. The maximum atomic E-state index is 12.9. The van der Waals surface area contributed by atoms with Crippen LogP contribution in [0.5, 0.6) is 0 Å². The molecule has 1 fully saturated rings. The molecule has 0 unspecified atom stereocenters. The highest BCUT2D eigenvalue weighted by atomic mass is 32.2. The molecule has 1 amide bonds. The van der Waals surface area contributed by atoms with Crippen LogP contribution in [0.15, 0.2) is 43.0 Å². The molecule has 1 saturated heterocycles. The van der Waals surface area contributed by atoms with Gasteiger partial charge >= 0.3 is 0 Å². The van der Waals surface area contributed by atoms with E-state index in [9.17, 15) is 13.2 Å². The van der Waals surface area contributed by atoms with Gasteiger partial charge in [0.05, 0.1) is 19.2 Å². The summed E-state index contributed by atoms with van der Waals surface area (Å²) < 4.78 is 52.8. The fourth-order valence-corrected chi connectivity index (χ4v) is 7.37. The zero-order valence-corrected chi connectivity index (χ0v) is 30.9. The molecule has 0 saturated carbocycles. The van der Waals surface area contributed by atoms with Gasteiger partial charge < -0.3 is 18.9 Å². The van der Waals surface area contributed by atoms with Gasteiger partial charge in [0, 0.05) is 5.56 Å². The fraction of sp³-hybridized carbons (Fsp3) is 0.600.